The van der Waals surface area contributed by atoms with Gasteiger partial charge in [0.05, 0.1) is 26.2 Å². The Morgan fingerprint density at radius 3 is 2.42 bits per heavy atom. The zero-order chi connectivity index (χ0) is 16.9. The number of nitrogens with zero attached hydrogens (tertiary/aromatic N) is 1. The monoisotopic (exact) mass is 364 g/mol. The van der Waals surface area contributed by atoms with Crippen molar-refractivity contribution in [2.24, 2.45) is 0 Å². The number of nitrogens with one attached hydrogen (secondary N) is 2. The molecular weight excluding hydrogens is 345 g/mol. The minimum Gasteiger partial charge on any atom is -0.360 e. The number of halogens is 2. The van der Waals surface area contributed by atoms with Crippen LogP contribution in [0.3, 0.4) is 0 Å². The van der Waals surface area contributed by atoms with Gasteiger partial charge in [-0.1, -0.05) is 29.3 Å². The Balaban J connectivity index is 1.48. The van der Waals surface area contributed by atoms with Gasteiger partial charge in [-0.2, -0.15) is 0 Å². The third-order valence-electron chi connectivity index (χ3n) is 4.18. The predicted molar refractivity (Wildman–Crippen MR) is 99.3 cm³/mol. The fourth-order valence-corrected chi connectivity index (χ4v) is 3.21. The summed E-state index contributed by atoms with van der Waals surface area (Å²) in [4.78, 5) is 15.8. The van der Waals surface area contributed by atoms with Crippen LogP contribution in [0.2, 0.25) is 10.0 Å². The summed E-state index contributed by atoms with van der Waals surface area (Å²) >= 11 is 11.9. The topological polar surface area (TPSA) is 36.8 Å². The molecule has 0 unspecified atom stereocenters. The van der Waals surface area contributed by atoms with E-state index >= 15 is 0 Å². The molecule has 0 aromatic heterocycles. The average molecular weight is 365 g/mol. The molecule has 2 aromatic rings. The number of anilines is 2. The van der Waals surface area contributed by atoms with Crippen molar-refractivity contribution in [1.82, 2.24) is 0 Å². The number of hydrogen-bond acceptors (Lipinski definition) is 2. The minimum absolute atomic E-state index is 0.0310. The number of benzene rings is 2. The van der Waals surface area contributed by atoms with Gasteiger partial charge in [0.1, 0.15) is 0 Å². The number of hydrogen-bond donors (Lipinski definition) is 2. The second-order valence-corrected chi connectivity index (χ2v) is 6.82. The van der Waals surface area contributed by atoms with Crippen LogP contribution in [0.15, 0.2) is 48.5 Å². The molecule has 0 spiro atoms. The summed E-state index contributed by atoms with van der Waals surface area (Å²) in [5, 5.41) is 4.33. The van der Waals surface area contributed by atoms with Crippen molar-refractivity contribution < 1.29 is 9.69 Å². The van der Waals surface area contributed by atoms with Crippen molar-refractivity contribution in [3.63, 3.8) is 0 Å². The molecule has 0 aliphatic carbocycles. The Bertz CT molecular complexity index is 698. The van der Waals surface area contributed by atoms with Crippen LogP contribution in [0.4, 0.5) is 11.4 Å². The number of piperazine rings is 1. The molecule has 1 saturated heterocycles. The molecule has 6 heteroatoms. The summed E-state index contributed by atoms with van der Waals surface area (Å²) in [7, 11) is 0. The normalized spacial score (nSPS) is 15.3. The Morgan fingerprint density at radius 1 is 1.04 bits per heavy atom. The Kier molecular flexibility index (Phi) is 5.61. The maximum atomic E-state index is 12.2. The number of rotatable bonds is 4. The molecule has 2 N–H and O–H groups in total. The van der Waals surface area contributed by atoms with Gasteiger partial charge in [-0.25, -0.2) is 0 Å². The van der Waals surface area contributed by atoms with Crippen LogP contribution in [0.25, 0.3) is 0 Å². The second kappa shape index (κ2) is 7.88. The first-order chi connectivity index (χ1) is 11.6. The van der Waals surface area contributed by atoms with E-state index in [-0.39, 0.29) is 5.91 Å². The van der Waals surface area contributed by atoms with Crippen molar-refractivity contribution >= 4 is 40.5 Å². The summed E-state index contributed by atoms with van der Waals surface area (Å²) in [5.74, 6) is 0.0310. The van der Waals surface area contributed by atoms with Crippen molar-refractivity contribution in [1.29, 1.82) is 0 Å². The maximum Gasteiger partial charge on any atom is 0.279 e. The first-order valence-corrected chi connectivity index (χ1v) is 8.75. The molecule has 0 atom stereocenters. The molecule has 126 valence electrons. The van der Waals surface area contributed by atoms with Crippen LogP contribution in [0.1, 0.15) is 0 Å². The van der Waals surface area contributed by atoms with Crippen molar-refractivity contribution in [3.8, 4) is 0 Å². The maximum absolute atomic E-state index is 12.2. The van der Waals surface area contributed by atoms with E-state index in [1.165, 1.54) is 4.90 Å². The third-order valence-corrected chi connectivity index (χ3v) is 4.67. The van der Waals surface area contributed by atoms with Crippen LogP contribution in [0.5, 0.6) is 0 Å². The predicted octanol–water partition coefficient (Wildman–Crippen LogP) is 2.34. The minimum atomic E-state index is 0.0310. The zero-order valence-corrected chi connectivity index (χ0v) is 14.8. The van der Waals surface area contributed by atoms with Crippen LogP contribution in [-0.2, 0) is 4.79 Å². The summed E-state index contributed by atoms with van der Waals surface area (Å²) < 4.78 is 0. The average Bonchev–Trinajstić information content (AvgIpc) is 2.58. The summed E-state index contributed by atoms with van der Waals surface area (Å²) in [6.07, 6.45) is 0. The smallest absolute Gasteiger partial charge is 0.279 e. The van der Waals surface area contributed by atoms with E-state index in [0.717, 1.165) is 42.6 Å². The summed E-state index contributed by atoms with van der Waals surface area (Å²) in [6, 6.07) is 15.1. The van der Waals surface area contributed by atoms with Gasteiger partial charge < -0.3 is 15.1 Å². The fraction of sp³-hybridized carbons (Fsp3) is 0.278. The van der Waals surface area contributed by atoms with Gasteiger partial charge >= 0.3 is 0 Å². The first-order valence-electron chi connectivity index (χ1n) is 8.00. The van der Waals surface area contributed by atoms with E-state index in [2.05, 4.69) is 16.3 Å². The van der Waals surface area contributed by atoms with Gasteiger partial charge in [0.15, 0.2) is 6.54 Å². The molecule has 0 radical (unpaired) electrons. The molecule has 1 amide bonds. The number of carbonyl (C=O) groups is 1. The van der Waals surface area contributed by atoms with Crippen molar-refractivity contribution in [3.05, 3.63) is 58.6 Å². The molecule has 2 aromatic carbocycles. The molecule has 3 rings (SSSR count). The van der Waals surface area contributed by atoms with E-state index in [4.69, 9.17) is 23.2 Å². The van der Waals surface area contributed by atoms with Crippen LogP contribution in [-0.4, -0.2) is 38.6 Å². The van der Waals surface area contributed by atoms with Gasteiger partial charge in [0, 0.05) is 21.4 Å². The molecule has 4 nitrogen and oxygen atoms in total. The zero-order valence-electron chi connectivity index (χ0n) is 13.3. The van der Waals surface area contributed by atoms with Crippen LogP contribution < -0.4 is 15.1 Å². The third kappa shape index (κ3) is 4.63. The van der Waals surface area contributed by atoms with E-state index in [0.29, 0.717) is 11.6 Å². The second-order valence-electron chi connectivity index (χ2n) is 5.95. The Labute approximate surface area is 152 Å². The number of carbonyl (C=O) groups excluding carboxylic acids is 1. The largest absolute Gasteiger partial charge is 0.360 e. The lowest BCUT2D eigenvalue weighted by molar-refractivity contribution is -0.892. The number of quaternary nitrogens is 1. The van der Waals surface area contributed by atoms with Crippen LogP contribution >= 0.6 is 23.2 Å². The highest BCUT2D eigenvalue weighted by atomic mass is 35.5. The van der Waals surface area contributed by atoms with Crippen molar-refractivity contribution in [2.45, 2.75) is 0 Å². The SMILES string of the molecule is O=C(C[NH+]1CCN(c2cccc(Cl)c2)CC1)Nc1ccc(Cl)cc1. The molecule has 0 bridgehead atoms. The summed E-state index contributed by atoms with van der Waals surface area (Å²) in [6.45, 7) is 4.18. The number of amides is 1. The van der Waals surface area contributed by atoms with Gasteiger partial charge in [-0.15, -0.1) is 0 Å². The standard InChI is InChI=1S/C18H19Cl2N3O/c19-14-4-6-16(7-5-14)21-18(24)13-22-8-10-23(11-9-22)17-3-1-2-15(20)12-17/h1-7,12H,8-11,13H2,(H,21,24)/p+1. The highest BCUT2D eigenvalue weighted by Crippen LogP contribution is 2.19. The lowest BCUT2D eigenvalue weighted by Gasteiger charge is -2.33. The van der Waals surface area contributed by atoms with Gasteiger partial charge in [0.2, 0.25) is 0 Å². The highest BCUT2D eigenvalue weighted by molar-refractivity contribution is 6.31. The van der Waals surface area contributed by atoms with Gasteiger partial charge in [0.25, 0.3) is 5.91 Å². The summed E-state index contributed by atoms with van der Waals surface area (Å²) in [5.41, 5.74) is 1.92. The van der Waals surface area contributed by atoms with Gasteiger partial charge in [-0.05, 0) is 42.5 Å². The molecule has 0 saturated carbocycles. The lowest BCUT2D eigenvalue weighted by atomic mass is 10.2. The quantitative estimate of drug-likeness (QED) is 0.873. The van der Waals surface area contributed by atoms with Crippen LogP contribution in [0, 0.1) is 0 Å². The molecule has 1 heterocycles. The Morgan fingerprint density at radius 2 is 1.75 bits per heavy atom. The van der Waals surface area contributed by atoms with E-state index in [9.17, 15) is 4.79 Å². The molecule has 24 heavy (non-hydrogen) atoms. The molecule has 1 aliphatic rings. The molecular formula is C18H20Cl2N3O+. The fourth-order valence-electron chi connectivity index (χ4n) is 2.90. The van der Waals surface area contributed by atoms with Gasteiger partial charge in [-0.3, -0.25) is 4.79 Å². The van der Waals surface area contributed by atoms with E-state index in [1.54, 1.807) is 12.1 Å². The van der Waals surface area contributed by atoms with E-state index in [1.807, 2.05) is 30.3 Å². The first kappa shape index (κ1) is 17.1. The van der Waals surface area contributed by atoms with Crippen molar-refractivity contribution in [2.75, 3.05) is 42.9 Å². The molecule has 1 fully saturated rings. The van der Waals surface area contributed by atoms with E-state index < -0.39 is 0 Å². The highest BCUT2D eigenvalue weighted by Gasteiger charge is 2.22. The Hall–Kier alpha value is -1.75. The molecule has 1 aliphatic heterocycles. The lowest BCUT2D eigenvalue weighted by Crippen LogP contribution is -3.15.